The highest BCUT2D eigenvalue weighted by molar-refractivity contribution is 7.99. The smallest absolute Gasteiger partial charge is 0.240 e. The SMILES string of the molecule is CCc1ccc(NC(=O)CSc2ncc(CO)n2CC(=O)NCc2ccc(C)cc2)cc1. The van der Waals surface area contributed by atoms with E-state index in [0.717, 1.165) is 23.2 Å². The lowest BCUT2D eigenvalue weighted by molar-refractivity contribution is -0.122. The van der Waals surface area contributed by atoms with Crippen molar-refractivity contribution in [3.63, 3.8) is 0 Å². The summed E-state index contributed by atoms with van der Waals surface area (Å²) in [5, 5.41) is 15.9. The molecule has 0 spiro atoms. The first-order chi connectivity index (χ1) is 15.5. The van der Waals surface area contributed by atoms with Crippen LogP contribution in [0.4, 0.5) is 5.69 Å². The summed E-state index contributed by atoms with van der Waals surface area (Å²) in [6.07, 6.45) is 2.47. The van der Waals surface area contributed by atoms with Crippen LogP contribution in [-0.2, 0) is 35.7 Å². The molecule has 0 unspecified atom stereocenters. The van der Waals surface area contributed by atoms with E-state index < -0.39 is 0 Å². The van der Waals surface area contributed by atoms with Gasteiger partial charge in [-0.1, -0.05) is 60.6 Å². The number of aryl methyl sites for hydroxylation is 2. The minimum absolute atomic E-state index is 0.0180. The lowest BCUT2D eigenvalue weighted by atomic mass is 10.1. The van der Waals surface area contributed by atoms with Gasteiger partial charge in [-0.3, -0.25) is 9.59 Å². The Bertz CT molecular complexity index is 1050. The first-order valence-electron chi connectivity index (χ1n) is 10.5. The first-order valence-corrected chi connectivity index (χ1v) is 11.5. The van der Waals surface area contributed by atoms with E-state index in [4.69, 9.17) is 0 Å². The average molecular weight is 453 g/mol. The van der Waals surface area contributed by atoms with Crippen LogP contribution in [0.15, 0.2) is 59.9 Å². The summed E-state index contributed by atoms with van der Waals surface area (Å²) in [5.41, 5.74) is 4.64. The van der Waals surface area contributed by atoms with Crippen LogP contribution in [0.25, 0.3) is 0 Å². The number of carbonyl (C=O) groups excluding carboxylic acids is 2. The Hall–Kier alpha value is -3.10. The zero-order valence-corrected chi connectivity index (χ0v) is 19.1. The van der Waals surface area contributed by atoms with E-state index in [0.29, 0.717) is 17.4 Å². The molecular formula is C24H28N4O3S. The molecule has 2 amide bonds. The van der Waals surface area contributed by atoms with Gasteiger partial charge in [0.2, 0.25) is 11.8 Å². The normalized spacial score (nSPS) is 10.7. The average Bonchev–Trinajstić information content (AvgIpc) is 3.19. The molecule has 0 radical (unpaired) electrons. The topological polar surface area (TPSA) is 96.2 Å². The molecule has 32 heavy (non-hydrogen) atoms. The van der Waals surface area contributed by atoms with Crippen molar-refractivity contribution < 1.29 is 14.7 Å². The van der Waals surface area contributed by atoms with E-state index in [2.05, 4.69) is 22.5 Å². The van der Waals surface area contributed by atoms with Gasteiger partial charge >= 0.3 is 0 Å². The summed E-state index contributed by atoms with van der Waals surface area (Å²) in [5.74, 6) is -0.216. The van der Waals surface area contributed by atoms with E-state index in [1.54, 1.807) is 4.57 Å². The Balaban J connectivity index is 1.55. The summed E-state index contributed by atoms with van der Waals surface area (Å²) < 4.78 is 1.64. The van der Waals surface area contributed by atoms with Gasteiger partial charge in [-0.05, 0) is 36.6 Å². The summed E-state index contributed by atoms with van der Waals surface area (Å²) in [6, 6.07) is 15.7. The van der Waals surface area contributed by atoms with E-state index in [-0.39, 0.29) is 30.7 Å². The fourth-order valence-electron chi connectivity index (χ4n) is 3.06. The molecule has 3 rings (SSSR count). The molecule has 3 N–H and O–H groups in total. The minimum Gasteiger partial charge on any atom is -0.390 e. The van der Waals surface area contributed by atoms with Gasteiger partial charge in [-0.25, -0.2) is 4.98 Å². The first kappa shape index (κ1) is 23.6. The van der Waals surface area contributed by atoms with Gasteiger partial charge in [0.25, 0.3) is 0 Å². The Morgan fingerprint density at radius 2 is 1.72 bits per heavy atom. The molecule has 1 aromatic heterocycles. The van der Waals surface area contributed by atoms with Gasteiger partial charge < -0.3 is 20.3 Å². The number of hydrogen-bond donors (Lipinski definition) is 3. The third kappa shape index (κ3) is 6.70. The van der Waals surface area contributed by atoms with Crippen LogP contribution < -0.4 is 10.6 Å². The number of rotatable bonds is 10. The van der Waals surface area contributed by atoms with Gasteiger partial charge in [0.15, 0.2) is 5.16 Å². The molecule has 8 heteroatoms. The van der Waals surface area contributed by atoms with Gasteiger partial charge in [-0.2, -0.15) is 0 Å². The maximum Gasteiger partial charge on any atom is 0.240 e. The standard InChI is InChI=1S/C24H28N4O3S/c1-3-18-8-10-20(11-9-18)27-23(31)16-32-24-26-13-21(15-29)28(24)14-22(30)25-12-19-6-4-17(2)5-7-19/h4-11,13,29H,3,12,14-16H2,1-2H3,(H,25,30)(H,27,31). The molecular weight excluding hydrogens is 424 g/mol. The number of aromatic nitrogens is 2. The van der Waals surface area contributed by atoms with Crippen LogP contribution in [0.5, 0.6) is 0 Å². The highest BCUT2D eigenvalue weighted by atomic mass is 32.2. The van der Waals surface area contributed by atoms with Crippen molar-refractivity contribution in [2.24, 2.45) is 0 Å². The summed E-state index contributed by atoms with van der Waals surface area (Å²) >= 11 is 1.23. The number of aliphatic hydroxyl groups excluding tert-OH is 1. The second kappa shape index (κ2) is 11.5. The van der Waals surface area contributed by atoms with Gasteiger partial charge in [0.05, 0.1) is 24.3 Å². The molecule has 0 saturated carbocycles. The Kier molecular flexibility index (Phi) is 8.47. The molecule has 0 saturated heterocycles. The second-order valence-electron chi connectivity index (χ2n) is 7.43. The van der Waals surface area contributed by atoms with E-state index in [9.17, 15) is 14.7 Å². The lowest BCUT2D eigenvalue weighted by Gasteiger charge is -2.11. The largest absolute Gasteiger partial charge is 0.390 e. The summed E-state index contributed by atoms with van der Waals surface area (Å²) in [4.78, 5) is 29.1. The maximum atomic E-state index is 12.5. The van der Waals surface area contributed by atoms with Crippen LogP contribution >= 0.6 is 11.8 Å². The zero-order chi connectivity index (χ0) is 22.9. The third-order valence-corrected chi connectivity index (χ3v) is 5.94. The monoisotopic (exact) mass is 452 g/mol. The van der Waals surface area contributed by atoms with E-state index in [1.165, 1.54) is 23.5 Å². The van der Waals surface area contributed by atoms with Crippen molar-refractivity contribution in [3.05, 3.63) is 77.1 Å². The van der Waals surface area contributed by atoms with Gasteiger partial charge in [0.1, 0.15) is 6.54 Å². The van der Waals surface area contributed by atoms with E-state index in [1.807, 2.05) is 55.5 Å². The van der Waals surface area contributed by atoms with Gasteiger partial charge in [0, 0.05) is 12.2 Å². The number of carbonyl (C=O) groups is 2. The maximum absolute atomic E-state index is 12.5. The Morgan fingerprint density at radius 3 is 2.38 bits per heavy atom. The van der Waals surface area contributed by atoms with Crippen molar-refractivity contribution >= 4 is 29.3 Å². The molecule has 7 nitrogen and oxygen atoms in total. The highest BCUT2D eigenvalue weighted by Gasteiger charge is 2.15. The van der Waals surface area contributed by atoms with Crippen molar-refractivity contribution in [2.75, 3.05) is 11.1 Å². The number of amides is 2. The fourth-order valence-corrected chi connectivity index (χ4v) is 3.86. The van der Waals surface area contributed by atoms with Crippen LogP contribution in [0.3, 0.4) is 0 Å². The number of hydrogen-bond acceptors (Lipinski definition) is 5. The number of aliphatic hydroxyl groups is 1. The molecule has 1 heterocycles. The third-order valence-electron chi connectivity index (χ3n) is 4.95. The van der Waals surface area contributed by atoms with Crippen LogP contribution in [0.2, 0.25) is 0 Å². The van der Waals surface area contributed by atoms with Crippen LogP contribution in [-0.4, -0.2) is 32.2 Å². The summed E-state index contributed by atoms with van der Waals surface area (Å²) in [6.45, 7) is 4.29. The number of benzene rings is 2. The molecule has 0 aliphatic rings. The second-order valence-corrected chi connectivity index (χ2v) is 8.37. The molecule has 0 aliphatic carbocycles. The molecule has 0 atom stereocenters. The van der Waals surface area contributed by atoms with Crippen LogP contribution in [0.1, 0.15) is 29.3 Å². The molecule has 2 aromatic carbocycles. The quantitative estimate of drug-likeness (QED) is 0.410. The molecule has 3 aromatic rings. The minimum atomic E-state index is -0.241. The summed E-state index contributed by atoms with van der Waals surface area (Å²) in [7, 11) is 0. The van der Waals surface area contributed by atoms with Crippen molar-refractivity contribution in [3.8, 4) is 0 Å². The van der Waals surface area contributed by atoms with Crippen LogP contribution in [0, 0.1) is 6.92 Å². The van der Waals surface area contributed by atoms with Crippen molar-refractivity contribution in [1.29, 1.82) is 0 Å². The zero-order valence-electron chi connectivity index (χ0n) is 18.3. The Morgan fingerprint density at radius 1 is 1.03 bits per heavy atom. The molecule has 0 bridgehead atoms. The number of imidazole rings is 1. The number of nitrogens with zero attached hydrogens (tertiary/aromatic N) is 2. The Labute approximate surface area is 192 Å². The highest BCUT2D eigenvalue weighted by Crippen LogP contribution is 2.20. The molecule has 168 valence electrons. The predicted octanol–water partition coefficient (Wildman–Crippen LogP) is 3.29. The lowest BCUT2D eigenvalue weighted by Crippen LogP contribution is -2.28. The number of anilines is 1. The van der Waals surface area contributed by atoms with Crippen molar-refractivity contribution in [1.82, 2.24) is 14.9 Å². The number of thioether (sulfide) groups is 1. The van der Waals surface area contributed by atoms with Gasteiger partial charge in [-0.15, -0.1) is 0 Å². The number of nitrogens with one attached hydrogen (secondary N) is 2. The predicted molar refractivity (Wildman–Crippen MR) is 126 cm³/mol. The molecule has 0 aliphatic heterocycles. The van der Waals surface area contributed by atoms with E-state index >= 15 is 0 Å². The molecule has 0 fully saturated rings. The fraction of sp³-hybridized carbons (Fsp3) is 0.292. The van der Waals surface area contributed by atoms with Crippen molar-refractivity contribution in [2.45, 2.75) is 45.1 Å².